The summed E-state index contributed by atoms with van der Waals surface area (Å²) in [7, 11) is 0. The van der Waals surface area contributed by atoms with Gasteiger partial charge in [0.05, 0.1) is 16.8 Å². The zero-order chi connectivity index (χ0) is 13.3. The maximum absolute atomic E-state index is 12.9. The van der Waals surface area contributed by atoms with Crippen molar-refractivity contribution in [3.63, 3.8) is 0 Å². The first kappa shape index (κ1) is 13.1. The molecule has 1 aromatic carbocycles. The lowest BCUT2D eigenvalue weighted by molar-refractivity contribution is 0.451. The molecule has 2 aromatic rings. The molecule has 2 N–H and O–H groups in total. The summed E-state index contributed by atoms with van der Waals surface area (Å²) >= 11 is 6.01. The van der Waals surface area contributed by atoms with Gasteiger partial charge >= 0.3 is 0 Å². The van der Waals surface area contributed by atoms with Crippen molar-refractivity contribution in [2.45, 2.75) is 25.9 Å². The van der Waals surface area contributed by atoms with Gasteiger partial charge in [-0.2, -0.15) is 5.10 Å². The maximum atomic E-state index is 12.9. The Bertz CT molecular complexity index is 514. The van der Waals surface area contributed by atoms with E-state index in [4.69, 9.17) is 17.3 Å². The van der Waals surface area contributed by atoms with E-state index in [-0.39, 0.29) is 17.9 Å². The quantitative estimate of drug-likeness (QED) is 0.929. The molecule has 0 aliphatic rings. The Hall–Kier alpha value is -1.39. The molecule has 1 aromatic heterocycles. The smallest absolute Gasteiger partial charge is 0.123 e. The number of benzene rings is 1. The van der Waals surface area contributed by atoms with Crippen molar-refractivity contribution in [2.75, 3.05) is 0 Å². The second kappa shape index (κ2) is 5.08. The van der Waals surface area contributed by atoms with E-state index in [2.05, 4.69) is 5.10 Å². The molecule has 96 valence electrons. The largest absolute Gasteiger partial charge is 0.326 e. The van der Waals surface area contributed by atoms with Crippen LogP contribution in [0.4, 0.5) is 4.39 Å². The van der Waals surface area contributed by atoms with E-state index in [1.807, 2.05) is 13.8 Å². The van der Waals surface area contributed by atoms with Crippen molar-refractivity contribution >= 4 is 11.6 Å². The molecule has 2 atom stereocenters. The lowest BCUT2D eigenvalue weighted by Crippen LogP contribution is -2.30. The van der Waals surface area contributed by atoms with Gasteiger partial charge in [0, 0.05) is 12.2 Å². The molecule has 0 saturated carbocycles. The zero-order valence-electron chi connectivity index (χ0n) is 10.3. The van der Waals surface area contributed by atoms with Crippen LogP contribution in [0.5, 0.6) is 0 Å². The fraction of sp³-hybridized carbons (Fsp3) is 0.308. The summed E-state index contributed by atoms with van der Waals surface area (Å²) in [4.78, 5) is 0. The topological polar surface area (TPSA) is 43.8 Å². The fourth-order valence-electron chi connectivity index (χ4n) is 1.96. The summed E-state index contributed by atoms with van der Waals surface area (Å²) in [5.41, 5.74) is 7.66. The van der Waals surface area contributed by atoms with E-state index in [1.54, 1.807) is 23.0 Å². The molecule has 0 aliphatic carbocycles. The van der Waals surface area contributed by atoms with Crippen LogP contribution in [-0.4, -0.2) is 15.8 Å². The second-order valence-electron chi connectivity index (χ2n) is 4.40. The van der Waals surface area contributed by atoms with Gasteiger partial charge in [0.2, 0.25) is 0 Å². The first-order chi connectivity index (χ1) is 8.49. The number of hydrogen-bond donors (Lipinski definition) is 1. The summed E-state index contributed by atoms with van der Waals surface area (Å²) in [6.07, 6.45) is 1.74. The van der Waals surface area contributed by atoms with Crippen LogP contribution in [0.3, 0.4) is 0 Å². The van der Waals surface area contributed by atoms with Gasteiger partial charge in [-0.1, -0.05) is 23.7 Å². The minimum atomic E-state index is -0.267. The standard InChI is InChI=1S/C13H15ClFN3/c1-8(16)13(10-3-5-11(15)6-4-10)18-7-12(14)9(2)17-18/h3-8,13H,16H2,1-2H3. The normalized spacial score (nSPS) is 14.5. The van der Waals surface area contributed by atoms with E-state index in [0.717, 1.165) is 11.3 Å². The molecule has 0 amide bonds. The van der Waals surface area contributed by atoms with Gasteiger partial charge < -0.3 is 5.73 Å². The van der Waals surface area contributed by atoms with Crippen molar-refractivity contribution < 1.29 is 4.39 Å². The molecule has 1 heterocycles. The van der Waals surface area contributed by atoms with Crippen LogP contribution in [0.2, 0.25) is 5.02 Å². The maximum Gasteiger partial charge on any atom is 0.123 e. The van der Waals surface area contributed by atoms with Gasteiger partial charge in [-0.3, -0.25) is 4.68 Å². The second-order valence-corrected chi connectivity index (χ2v) is 4.81. The lowest BCUT2D eigenvalue weighted by Gasteiger charge is -2.21. The molecule has 18 heavy (non-hydrogen) atoms. The molecule has 0 bridgehead atoms. The molecule has 2 unspecified atom stereocenters. The van der Waals surface area contributed by atoms with E-state index in [1.165, 1.54) is 12.1 Å². The number of aromatic nitrogens is 2. The third-order valence-corrected chi connectivity index (χ3v) is 3.22. The molecule has 2 rings (SSSR count). The third kappa shape index (κ3) is 2.54. The Morgan fingerprint density at radius 2 is 1.94 bits per heavy atom. The van der Waals surface area contributed by atoms with Gasteiger partial charge in [-0.15, -0.1) is 0 Å². The van der Waals surface area contributed by atoms with Crippen LogP contribution in [0.15, 0.2) is 30.5 Å². The van der Waals surface area contributed by atoms with Gasteiger partial charge in [0.15, 0.2) is 0 Å². The highest BCUT2D eigenvalue weighted by molar-refractivity contribution is 6.31. The first-order valence-corrected chi connectivity index (χ1v) is 6.09. The van der Waals surface area contributed by atoms with Crippen LogP contribution >= 0.6 is 11.6 Å². The molecule has 5 heteroatoms. The van der Waals surface area contributed by atoms with Crippen LogP contribution in [0.1, 0.15) is 24.2 Å². The summed E-state index contributed by atoms with van der Waals surface area (Å²) < 4.78 is 14.7. The Balaban J connectivity index is 2.43. The molecule has 0 aliphatic heterocycles. The van der Waals surface area contributed by atoms with E-state index in [9.17, 15) is 4.39 Å². The van der Waals surface area contributed by atoms with Crippen molar-refractivity contribution in [1.82, 2.24) is 9.78 Å². The summed E-state index contributed by atoms with van der Waals surface area (Å²) in [6.45, 7) is 3.72. The molecule has 0 saturated heterocycles. The predicted molar refractivity (Wildman–Crippen MR) is 70.2 cm³/mol. The van der Waals surface area contributed by atoms with Crippen molar-refractivity contribution in [2.24, 2.45) is 5.73 Å². The van der Waals surface area contributed by atoms with Crippen molar-refractivity contribution in [3.8, 4) is 0 Å². The van der Waals surface area contributed by atoms with Gasteiger partial charge in [0.25, 0.3) is 0 Å². The number of nitrogens with zero attached hydrogens (tertiary/aromatic N) is 2. The predicted octanol–water partition coefficient (Wildman–Crippen LogP) is 2.92. The van der Waals surface area contributed by atoms with Crippen molar-refractivity contribution in [1.29, 1.82) is 0 Å². The molecule has 0 spiro atoms. The molecule has 0 radical (unpaired) electrons. The number of nitrogens with two attached hydrogens (primary N) is 1. The number of hydrogen-bond acceptors (Lipinski definition) is 2. The van der Waals surface area contributed by atoms with Crippen LogP contribution in [-0.2, 0) is 0 Å². The Morgan fingerprint density at radius 3 is 2.39 bits per heavy atom. The zero-order valence-corrected chi connectivity index (χ0v) is 11.0. The Kier molecular flexibility index (Phi) is 3.68. The lowest BCUT2D eigenvalue weighted by atomic mass is 10.0. The molecule has 3 nitrogen and oxygen atoms in total. The number of rotatable bonds is 3. The molecule has 0 fully saturated rings. The number of halogens is 2. The number of aryl methyl sites for hydroxylation is 1. The third-order valence-electron chi connectivity index (χ3n) is 2.85. The van der Waals surface area contributed by atoms with Gasteiger partial charge in [-0.05, 0) is 31.5 Å². The van der Waals surface area contributed by atoms with E-state index < -0.39 is 0 Å². The summed E-state index contributed by atoms with van der Waals surface area (Å²) in [5, 5.41) is 4.94. The highest BCUT2D eigenvalue weighted by atomic mass is 35.5. The highest BCUT2D eigenvalue weighted by Crippen LogP contribution is 2.24. The SMILES string of the molecule is Cc1nn(C(c2ccc(F)cc2)C(C)N)cc1Cl. The van der Waals surface area contributed by atoms with E-state index in [0.29, 0.717) is 5.02 Å². The minimum absolute atomic E-state index is 0.156. The van der Waals surface area contributed by atoms with Gasteiger partial charge in [-0.25, -0.2) is 4.39 Å². The van der Waals surface area contributed by atoms with Crippen LogP contribution in [0, 0.1) is 12.7 Å². The Labute approximate surface area is 110 Å². The van der Waals surface area contributed by atoms with Crippen molar-refractivity contribution in [3.05, 3.63) is 52.6 Å². The van der Waals surface area contributed by atoms with Gasteiger partial charge in [0.1, 0.15) is 5.82 Å². The van der Waals surface area contributed by atoms with E-state index >= 15 is 0 Å². The average Bonchev–Trinajstić information content (AvgIpc) is 2.61. The highest BCUT2D eigenvalue weighted by Gasteiger charge is 2.20. The fourth-order valence-corrected chi connectivity index (χ4v) is 2.10. The molecular weight excluding hydrogens is 253 g/mol. The van der Waals surface area contributed by atoms with Crippen LogP contribution in [0.25, 0.3) is 0 Å². The summed E-state index contributed by atoms with van der Waals surface area (Å²) in [6, 6.07) is 5.95. The Morgan fingerprint density at radius 1 is 1.33 bits per heavy atom. The molecular formula is C13H15ClFN3. The average molecular weight is 268 g/mol. The monoisotopic (exact) mass is 267 g/mol. The first-order valence-electron chi connectivity index (χ1n) is 5.71. The minimum Gasteiger partial charge on any atom is -0.326 e. The van der Waals surface area contributed by atoms with Crippen LogP contribution < -0.4 is 5.73 Å². The summed E-state index contributed by atoms with van der Waals surface area (Å²) in [5.74, 6) is -0.267.